The third-order valence-corrected chi connectivity index (χ3v) is 7.60. The molecule has 2 aliphatic heterocycles. The molecule has 1 atom stereocenters. The van der Waals surface area contributed by atoms with Gasteiger partial charge in [-0.1, -0.05) is 25.1 Å². The number of nitrogens with zero attached hydrogens (tertiary/aromatic N) is 2. The maximum Gasteiger partial charge on any atom is 0.260 e. The molecule has 0 aliphatic carbocycles. The number of fused-ring (bicyclic) bond motifs is 1. The molecule has 0 radical (unpaired) electrons. The SMILES string of the molecule is CCC(NC(=O)CCC(=O)N1CCc2sccc2C1)c1ccccc1OCC(=O)N1CCCC1. The Bertz CT molecular complexity index is 1010. The molecule has 8 heteroatoms. The lowest BCUT2D eigenvalue weighted by Gasteiger charge is -2.27. The fraction of sp³-hybridized carbons (Fsp3) is 0.500. The number of para-hydroxylation sites is 1. The van der Waals surface area contributed by atoms with Gasteiger partial charge in [-0.2, -0.15) is 0 Å². The zero-order valence-electron chi connectivity index (χ0n) is 19.8. The number of ether oxygens (including phenoxy) is 1. The van der Waals surface area contributed by atoms with Crippen molar-refractivity contribution in [3.8, 4) is 5.75 Å². The molecule has 1 unspecified atom stereocenters. The van der Waals surface area contributed by atoms with E-state index in [2.05, 4.69) is 16.8 Å². The Morgan fingerprint density at radius 3 is 2.62 bits per heavy atom. The summed E-state index contributed by atoms with van der Waals surface area (Å²) < 4.78 is 5.87. The van der Waals surface area contributed by atoms with Gasteiger partial charge in [0.25, 0.3) is 5.91 Å². The number of thiophene rings is 1. The summed E-state index contributed by atoms with van der Waals surface area (Å²) in [7, 11) is 0. The van der Waals surface area contributed by atoms with Gasteiger partial charge in [-0.3, -0.25) is 14.4 Å². The first-order chi connectivity index (χ1) is 16.5. The third kappa shape index (κ3) is 5.97. The maximum absolute atomic E-state index is 12.7. The lowest BCUT2D eigenvalue weighted by atomic mass is 10.0. The van der Waals surface area contributed by atoms with Crippen LogP contribution in [0.2, 0.25) is 0 Å². The maximum atomic E-state index is 12.7. The average molecular weight is 484 g/mol. The van der Waals surface area contributed by atoms with Crippen LogP contribution in [0, 0.1) is 0 Å². The molecule has 2 aromatic rings. The number of carbonyl (C=O) groups is 3. The number of carbonyl (C=O) groups excluding carboxylic acids is 3. The van der Waals surface area contributed by atoms with E-state index >= 15 is 0 Å². The van der Waals surface area contributed by atoms with Crippen molar-refractivity contribution in [1.29, 1.82) is 0 Å². The number of benzene rings is 1. The predicted molar refractivity (Wildman–Crippen MR) is 132 cm³/mol. The first kappa shape index (κ1) is 24.3. The highest BCUT2D eigenvalue weighted by Crippen LogP contribution is 2.28. The molecule has 3 amide bonds. The number of hydrogen-bond acceptors (Lipinski definition) is 5. The number of amides is 3. The molecule has 1 aromatic carbocycles. The van der Waals surface area contributed by atoms with Crippen LogP contribution in [0.25, 0.3) is 0 Å². The molecule has 4 rings (SSSR count). The van der Waals surface area contributed by atoms with E-state index in [0.717, 1.165) is 37.9 Å². The van der Waals surface area contributed by atoms with Crippen LogP contribution in [0.4, 0.5) is 0 Å². The van der Waals surface area contributed by atoms with Crippen molar-refractivity contribution >= 4 is 29.1 Å². The zero-order chi connectivity index (χ0) is 23.9. The van der Waals surface area contributed by atoms with E-state index in [9.17, 15) is 14.4 Å². The fourth-order valence-corrected chi connectivity index (χ4v) is 5.49. The van der Waals surface area contributed by atoms with Crippen molar-refractivity contribution in [2.24, 2.45) is 0 Å². The topological polar surface area (TPSA) is 79.0 Å². The van der Waals surface area contributed by atoms with E-state index in [-0.39, 0.29) is 43.2 Å². The molecule has 1 N–H and O–H groups in total. The van der Waals surface area contributed by atoms with E-state index in [1.165, 1.54) is 10.4 Å². The molecule has 0 saturated carbocycles. The quantitative estimate of drug-likeness (QED) is 0.590. The number of nitrogens with one attached hydrogen (secondary N) is 1. The Morgan fingerprint density at radius 2 is 1.82 bits per heavy atom. The molecule has 0 bridgehead atoms. The lowest BCUT2D eigenvalue weighted by molar-refractivity contribution is -0.134. The minimum absolute atomic E-state index is 0.00241. The highest BCUT2D eigenvalue weighted by Gasteiger charge is 2.23. The molecule has 182 valence electrons. The van der Waals surface area contributed by atoms with Crippen molar-refractivity contribution in [1.82, 2.24) is 15.1 Å². The summed E-state index contributed by atoms with van der Waals surface area (Å²) in [6.07, 6.45) is 4.00. The van der Waals surface area contributed by atoms with Gasteiger partial charge in [0.05, 0.1) is 6.04 Å². The minimum Gasteiger partial charge on any atom is -0.483 e. The predicted octanol–water partition coefficient (Wildman–Crippen LogP) is 3.68. The Morgan fingerprint density at radius 1 is 1.03 bits per heavy atom. The van der Waals surface area contributed by atoms with Crippen LogP contribution in [0.15, 0.2) is 35.7 Å². The number of rotatable bonds is 9. The molecule has 1 saturated heterocycles. The van der Waals surface area contributed by atoms with Gasteiger partial charge in [0.1, 0.15) is 5.75 Å². The smallest absolute Gasteiger partial charge is 0.260 e. The van der Waals surface area contributed by atoms with Crippen molar-refractivity contribution in [2.75, 3.05) is 26.2 Å². The van der Waals surface area contributed by atoms with Crippen LogP contribution < -0.4 is 10.1 Å². The second-order valence-corrected chi connectivity index (χ2v) is 9.88. The Kier molecular flexibility index (Phi) is 8.21. The Labute approximate surface area is 205 Å². The molecule has 3 heterocycles. The second-order valence-electron chi connectivity index (χ2n) is 8.88. The fourth-order valence-electron chi connectivity index (χ4n) is 4.60. The minimum atomic E-state index is -0.246. The normalized spacial score (nSPS) is 16.1. The van der Waals surface area contributed by atoms with Crippen LogP contribution in [-0.4, -0.2) is 53.8 Å². The van der Waals surface area contributed by atoms with Crippen LogP contribution >= 0.6 is 11.3 Å². The second kappa shape index (κ2) is 11.5. The Balaban J connectivity index is 1.29. The van der Waals surface area contributed by atoms with Gasteiger partial charge >= 0.3 is 0 Å². The lowest BCUT2D eigenvalue weighted by Crippen LogP contribution is -2.36. The zero-order valence-corrected chi connectivity index (χ0v) is 20.6. The summed E-state index contributed by atoms with van der Waals surface area (Å²) in [6, 6.07) is 9.35. The van der Waals surface area contributed by atoms with Crippen LogP contribution in [-0.2, 0) is 27.3 Å². The van der Waals surface area contributed by atoms with Gasteiger partial charge in [-0.25, -0.2) is 0 Å². The van der Waals surface area contributed by atoms with Crippen LogP contribution in [0.1, 0.15) is 61.1 Å². The van der Waals surface area contributed by atoms with Crippen LogP contribution in [0.3, 0.4) is 0 Å². The largest absolute Gasteiger partial charge is 0.483 e. The van der Waals surface area contributed by atoms with Crippen molar-refractivity contribution in [3.63, 3.8) is 0 Å². The molecule has 1 fully saturated rings. The molecule has 0 spiro atoms. The molecular weight excluding hydrogens is 450 g/mol. The average Bonchev–Trinajstić information content (AvgIpc) is 3.56. The Hall–Kier alpha value is -2.87. The summed E-state index contributed by atoms with van der Waals surface area (Å²) in [4.78, 5) is 42.8. The first-order valence-electron chi connectivity index (χ1n) is 12.2. The summed E-state index contributed by atoms with van der Waals surface area (Å²) in [6.45, 7) is 4.93. The highest BCUT2D eigenvalue weighted by atomic mass is 32.1. The summed E-state index contributed by atoms with van der Waals surface area (Å²) >= 11 is 1.74. The van der Waals surface area contributed by atoms with E-state index in [1.54, 1.807) is 11.3 Å². The number of hydrogen-bond donors (Lipinski definition) is 1. The molecular formula is C26H33N3O4S. The van der Waals surface area contributed by atoms with E-state index in [1.807, 2.05) is 41.0 Å². The standard InChI is InChI=1S/C26H33N3O4S/c1-2-21(20-7-3-4-8-22(20)33-18-26(32)28-13-5-6-14-28)27-24(30)9-10-25(31)29-15-11-23-19(17-29)12-16-34-23/h3-4,7-8,12,16,21H,2,5-6,9-11,13-15,17-18H2,1H3,(H,27,30). The molecule has 1 aromatic heterocycles. The summed E-state index contributed by atoms with van der Waals surface area (Å²) in [5, 5.41) is 5.12. The van der Waals surface area contributed by atoms with Gasteiger partial charge in [-0.05, 0) is 48.8 Å². The van der Waals surface area contributed by atoms with E-state index < -0.39 is 0 Å². The molecule has 34 heavy (non-hydrogen) atoms. The van der Waals surface area contributed by atoms with Crippen LogP contribution in [0.5, 0.6) is 5.75 Å². The van der Waals surface area contributed by atoms with Crippen molar-refractivity contribution in [3.05, 3.63) is 51.7 Å². The molecule has 7 nitrogen and oxygen atoms in total. The third-order valence-electron chi connectivity index (χ3n) is 6.57. The van der Waals surface area contributed by atoms with Crippen molar-refractivity contribution < 1.29 is 19.1 Å². The summed E-state index contributed by atoms with van der Waals surface area (Å²) in [5.74, 6) is 0.467. The van der Waals surface area contributed by atoms with Gasteiger partial charge in [-0.15, -0.1) is 11.3 Å². The van der Waals surface area contributed by atoms with Gasteiger partial charge in [0.15, 0.2) is 6.61 Å². The van der Waals surface area contributed by atoms with E-state index in [0.29, 0.717) is 25.3 Å². The van der Waals surface area contributed by atoms with Crippen molar-refractivity contribution in [2.45, 2.75) is 58.0 Å². The first-order valence-corrected chi connectivity index (χ1v) is 13.0. The monoisotopic (exact) mass is 483 g/mol. The van der Waals surface area contributed by atoms with Gasteiger partial charge < -0.3 is 19.9 Å². The van der Waals surface area contributed by atoms with Gasteiger partial charge in [0.2, 0.25) is 11.8 Å². The highest BCUT2D eigenvalue weighted by molar-refractivity contribution is 7.10. The van der Waals surface area contributed by atoms with Gasteiger partial charge in [0, 0.05) is 49.5 Å². The molecule has 2 aliphatic rings. The summed E-state index contributed by atoms with van der Waals surface area (Å²) in [5.41, 5.74) is 2.07. The number of likely N-dealkylation sites (tertiary alicyclic amines) is 1. The van der Waals surface area contributed by atoms with E-state index in [4.69, 9.17) is 4.74 Å².